The quantitative estimate of drug-likeness (QED) is 0.339. The second-order valence-corrected chi connectivity index (χ2v) is 11.7. The third kappa shape index (κ3) is 4.38. The van der Waals surface area contributed by atoms with E-state index in [1.54, 1.807) is 45.8 Å². The molecule has 1 aliphatic heterocycles. The standard InChI is InChI=1S/C22H19BrN3OS4.ClH/c1-3-26-19(11-18-25(7-9-29-18)12-14-6-8-28-13-14)31-20(21(26)27)22-24(2)16-5-4-15(23)10-17(16)30-22;/h4-11,13H,3,12H2,1-2H3;1H/q+1;/p-1/b22-20+;. The molecule has 0 N–H and O–H groups in total. The minimum atomic E-state index is 0. The van der Waals surface area contributed by atoms with Crippen LogP contribution in [0.2, 0.25) is 0 Å². The zero-order valence-corrected chi connectivity index (χ0v) is 22.9. The fourth-order valence-electron chi connectivity index (χ4n) is 3.54. The second kappa shape index (κ2) is 9.87. The number of thiophene rings is 1. The Hall–Kier alpha value is -1.36. The number of benzene rings is 1. The molecule has 0 aliphatic carbocycles. The monoisotopic (exact) mass is 583 g/mol. The van der Waals surface area contributed by atoms with Crippen LogP contribution in [0.25, 0.3) is 11.1 Å². The summed E-state index contributed by atoms with van der Waals surface area (Å²) in [6.45, 7) is 3.52. The van der Waals surface area contributed by atoms with Gasteiger partial charge in [-0.15, -0.1) is 11.3 Å². The van der Waals surface area contributed by atoms with E-state index < -0.39 is 0 Å². The van der Waals surface area contributed by atoms with Gasteiger partial charge in [-0.25, -0.2) is 0 Å². The zero-order chi connectivity index (χ0) is 21.5. The SMILES string of the molecule is CCn1c(=O)/c(=C2\Sc3cc(Br)ccc3N2C)s/c1=C\c1scc[n+]1Cc1ccsc1.[Cl-]. The highest BCUT2D eigenvalue weighted by molar-refractivity contribution is 9.10. The molecule has 3 aromatic heterocycles. The predicted octanol–water partition coefficient (Wildman–Crippen LogP) is 1.29. The Bertz CT molecular complexity index is 1440. The van der Waals surface area contributed by atoms with Gasteiger partial charge in [0.1, 0.15) is 14.2 Å². The van der Waals surface area contributed by atoms with Crippen molar-refractivity contribution in [2.24, 2.45) is 0 Å². The lowest BCUT2D eigenvalue weighted by Gasteiger charge is -2.12. The smallest absolute Gasteiger partial charge is 0.271 e. The number of hydrogen-bond acceptors (Lipinski definition) is 6. The Labute approximate surface area is 216 Å². The second-order valence-electron chi connectivity index (χ2n) is 7.04. The topological polar surface area (TPSA) is 29.1 Å². The first-order chi connectivity index (χ1) is 15.0. The summed E-state index contributed by atoms with van der Waals surface area (Å²) in [5.41, 5.74) is 2.52. The van der Waals surface area contributed by atoms with Crippen LogP contribution < -0.4 is 36.6 Å². The van der Waals surface area contributed by atoms with Crippen molar-refractivity contribution < 1.29 is 17.0 Å². The molecular formula is C22H19BrClN3OS4. The molecule has 0 radical (unpaired) electrons. The van der Waals surface area contributed by atoms with Crippen LogP contribution in [0.3, 0.4) is 0 Å². The lowest BCUT2D eigenvalue weighted by atomic mass is 10.3. The van der Waals surface area contributed by atoms with E-state index >= 15 is 0 Å². The first-order valence-corrected chi connectivity index (χ1v) is 13.9. The van der Waals surface area contributed by atoms with E-state index in [1.165, 1.54) is 10.5 Å². The van der Waals surface area contributed by atoms with Gasteiger partial charge in [-0.05, 0) is 36.6 Å². The van der Waals surface area contributed by atoms with Gasteiger partial charge < -0.3 is 17.3 Å². The van der Waals surface area contributed by atoms with Crippen molar-refractivity contribution in [3.05, 3.63) is 81.2 Å². The molecule has 0 amide bonds. The summed E-state index contributed by atoms with van der Waals surface area (Å²) in [4.78, 5) is 16.6. The number of nitrogens with zero attached hydrogens (tertiary/aromatic N) is 3. The van der Waals surface area contributed by atoms with Gasteiger partial charge in [-0.3, -0.25) is 9.36 Å². The normalized spacial score (nSPS) is 15.2. The summed E-state index contributed by atoms with van der Waals surface area (Å²) in [7, 11) is 2.04. The van der Waals surface area contributed by atoms with Crippen LogP contribution in [-0.2, 0) is 13.1 Å². The Morgan fingerprint density at radius 3 is 2.81 bits per heavy atom. The Kier molecular flexibility index (Phi) is 7.33. The number of rotatable bonds is 4. The van der Waals surface area contributed by atoms with E-state index in [0.29, 0.717) is 6.54 Å². The van der Waals surface area contributed by atoms with Gasteiger partial charge in [-0.1, -0.05) is 39.0 Å². The number of hydrogen-bond donors (Lipinski definition) is 0. The van der Waals surface area contributed by atoms with E-state index in [-0.39, 0.29) is 18.0 Å². The Balaban J connectivity index is 0.00000245. The molecule has 0 unspecified atom stereocenters. The van der Waals surface area contributed by atoms with Crippen molar-refractivity contribution in [3.63, 3.8) is 0 Å². The number of thioether (sulfide) groups is 1. The van der Waals surface area contributed by atoms with Gasteiger partial charge in [0.2, 0.25) is 0 Å². The molecule has 32 heavy (non-hydrogen) atoms. The zero-order valence-electron chi connectivity index (χ0n) is 17.2. The van der Waals surface area contributed by atoms with Gasteiger partial charge in [-0.2, -0.15) is 15.9 Å². The van der Waals surface area contributed by atoms with E-state index in [4.69, 9.17) is 0 Å². The Morgan fingerprint density at radius 2 is 2.06 bits per heavy atom. The van der Waals surface area contributed by atoms with Crippen LogP contribution in [0.5, 0.6) is 0 Å². The average Bonchev–Trinajstić information content (AvgIpc) is 3.52. The van der Waals surface area contributed by atoms with Gasteiger partial charge in [0.25, 0.3) is 10.6 Å². The van der Waals surface area contributed by atoms with Crippen molar-refractivity contribution in [2.75, 3.05) is 11.9 Å². The molecule has 0 spiro atoms. The molecule has 166 valence electrons. The molecule has 4 nitrogen and oxygen atoms in total. The summed E-state index contributed by atoms with van der Waals surface area (Å²) in [5, 5.41) is 8.54. The third-order valence-corrected chi connectivity index (χ3v) is 9.65. The van der Waals surface area contributed by atoms with Crippen molar-refractivity contribution in [1.29, 1.82) is 0 Å². The van der Waals surface area contributed by atoms with Gasteiger partial charge in [0.05, 0.1) is 17.1 Å². The molecule has 0 saturated carbocycles. The number of aromatic nitrogens is 2. The molecule has 1 aliphatic rings. The predicted molar refractivity (Wildman–Crippen MR) is 137 cm³/mol. The summed E-state index contributed by atoms with van der Waals surface area (Å²) >= 11 is 10.2. The lowest BCUT2D eigenvalue weighted by molar-refractivity contribution is -0.685. The number of anilines is 1. The maximum atomic E-state index is 13.3. The minimum absolute atomic E-state index is 0. The highest BCUT2D eigenvalue weighted by Crippen LogP contribution is 2.46. The molecule has 0 fully saturated rings. The van der Waals surface area contributed by atoms with Gasteiger partial charge in [0.15, 0.2) is 12.7 Å². The first-order valence-electron chi connectivity index (χ1n) is 9.70. The van der Waals surface area contributed by atoms with Crippen molar-refractivity contribution in [3.8, 4) is 0 Å². The van der Waals surface area contributed by atoms with Crippen LogP contribution in [0, 0.1) is 0 Å². The fraction of sp³-hybridized carbons (Fsp3) is 0.182. The summed E-state index contributed by atoms with van der Waals surface area (Å²) in [6.07, 6.45) is 4.26. The molecule has 0 atom stereocenters. The van der Waals surface area contributed by atoms with Gasteiger partial charge in [0, 0.05) is 33.9 Å². The number of thiazole rings is 2. The minimum Gasteiger partial charge on any atom is -1.00 e. The highest BCUT2D eigenvalue weighted by atomic mass is 79.9. The van der Waals surface area contributed by atoms with Gasteiger partial charge >= 0.3 is 0 Å². The van der Waals surface area contributed by atoms with Crippen LogP contribution >= 0.6 is 61.7 Å². The van der Waals surface area contributed by atoms with Crippen molar-refractivity contribution >= 4 is 78.5 Å². The summed E-state index contributed by atoms with van der Waals surface area (Å²) < 4.78 is 6.96. The average molecular weight is 585 g/mol. The van der Waals surface area contributed by atoms with Crippen molar-refractivity contribution in [2.45, 2.75) is 24.9 Å². The van der Waals surface area contributed by atoms with Crippen LogP contribution in [0.15, 0.2) is 60.8 Å². The first kappa shape index (κ1) is 23.8. The third-order valence-electron chi connectivity index (χ3n) is 5.11. The molecule has 5 rings (SSSR count). The van der Waals surface area contributed by atoms with E-state index in [9.17, 15) is 4.79 Å². The summed E-state index contributed by atoms with van der Waals surface area (Å²) in [6, 6.07) is 8.41. The molecule has 0 saturated heterocycles. The van der Waals surface area contributed by atoms with Crippen LogP contribution in [-0.4, -0.2) is 11.6 Å². The van der Waals surface area contributed by atoms with E-state index in [2.05, 4.69) is 72.0 Å². The molecule has 0 bridgehead atoms. The van der Waals surface area contributed by atoms with Crippen molar-refractivity contribution in [1.82, 2.24) is 4.57 Å². The number of fused-ring (bicyclic) bond motifs is 1. The van der Waals surface area contributed by atoms with E-state index in [0.717, 1.165) is 35.9 Å². The Morgan fingerprint density at radius 1 is 1.22 bits per heavy atom. The lowest BCUT2D eigenvalue weighted by Crippen LogP contribution is -3.00. The largest absolute Gasteiger partial charge is 1.00 e. The maximum Gasteiger partial charge on any atom is 0.271 e. The van der Waals surface area contributed by atoms with Crippen LogP contribution in [0.4, 0.5) is 5.69 Å². The number of halogens is 2. The molecular weight excluding hydrogens is 566 g/mol. The summed E-state index contributed by atoms with van der Waals surface area (Å²) in [5.74, 6) is 0. The maximum absolute atomic E-state index is 13.3. The van der Waals surface area contributed by atoms with E-state index in [1.807, 2.05) is 24.6 Å². The fourth-order valence-corrected chi connectivity index (χ4v) is 8.07. The molecule has 4 heterocycles. The van der Waals surface area contributed by atoms with Crippen LogP contribution in [0.1, 0.15) is 17.5 Å². The molecule has 4 aromatic rings. The molecule has 10 heteroatoms. The molecule has 1 aromatic carbocycles. The highest BCUT2D eigenvalue weighted by Gasteiger charge is 2.25.